The molecule has 2 heterocycles. The van der Waals surface area contributed by atoms with E-state index in [4.69, 9.17) is 0 Å². The van der Waals surface area contributed by atoms with Crippen molar-refractivity contribution in [3.05, 3.63) is 29.6 Å². The Balaban J connectivity index is 1.74. The molecule has 0 aliphatic carbocycles. The molecule has 3 rings (SSSR count). The second kappa shape index (κ2) is 5.66. The Bertz CT molecular complexity index is 787. The minimum Gasteiger partial charge on any atom is -0.330 e. The van der Waals surface area contributed by atoms with Gasteiger partial charge in [-0.2, -0.15) is 0 Å². The van der Waals surface area contributed by atoms with Gasteiger partial charge in [-0.25, -0.2) is 17.7 Å². The summed E-state index contributed by atoms with van der Waals surface area (Å²) in [5.74, 6) is 0.511. The molecule has 1 aliphatic heterocycles. The quantitative estimate of drug-likeness (QED) is 0.872. The lowest BCUT2D eigenvalue weighted by Crippen LogP contribution is -2.38. The SMILES string of the molecule is Cc1cc2ncn(CC3CCN(S(C)(=O)=O)CC3)c2cc1C. The van der Waals surface area contributed by atoms with E-state index >= 15 is 0 Å². The van der Waals surface area contributed by atoms with Gasteiger partial charge in [-0.3, -0.25) is 0 Å². The predicted molar refractivity (Wildman–Crippen MR) is 88.3 cm³/mol. The molecule has 1 aliphatic rings. The molecule has 0 spiro atoms. The molecule has 2 aromatic rings. The van der Waals surface area contributed by atoms with Crippen LogP contribution in [0.15, 0.2) is 18.5 Å². The highest BCUT2D eigenvalue weighted by atomic mass is 32.2. The summed E-state index contributed by atoms with van der Waals surface area (Å²) >= 11 is 0. The molecule has 0 unspecified atom stereocenters. The third-order valence-corrected chi connectivity index (χ3v) is 6.04. The lowest BCUT2D eigenvalue weighted by Gasteiger charge is -2.30. The van der Waals surface area contributed by atoms with Gasteiger partial charge in [0.25, 0.3) is 0 Å². The monoisotopic (exact) mass is 321 g/mol. The molecule has 1 aromatic carbocycles. The number of piperidine rings is 1. The molecule has 6 heteroatoms. The largest absolute Gasteiger partial charge is 0.330 e. The van der Waals surface area contributed by atoms with E-state index in [0.29, 0.717) is 19.0 Å². The smallest absolute Gasteiger partial charge is 0.211 e. The zero-order valence-electron chi connectivity index (χ0n) is 13.4. The van der Waals surface area contributed by atoms with Crippen LogP contribution in [-0.4, -0.2) is 41.6 Å². The van der Waals surface area contributed by atoms with Gasteiger partial charge in [-0.05, 0) is 55.9 Å². The normalized spacial score (nSPS) is 18.1. The summed E-state index contributed by atoms with van der Waals surface area (Å²) in [6.45, 7) is 6.41. The van der Waals surface area contributed by atoms with Gasteiger partial charge >= 0.3 is 0 Å². The van der Waals surface area contributed by atoms with Crippen molar-refractivity contribution in [3.63, 3.8) is 0 Å². The van der Waals surface area contributed by atoms with Crippen LogP contribution in [0.4, 0.5) is 0 Å². The summed E-state index contributed by atoms with van der Waals surface area (Å²) in [7, 11) is -3.04. The van der Waals surface area contributed by atoms with E-state index in [1.807, 2.05) is 6.33 Å². The van der Waals surface area contributed by atoms with E-state index in [2.05, 4.69) is 35.5 Å². The van der Waals surface area contributed by atoms with Gasteiger partial charge < -0.3 is 4.57 Å². The van der Waals surface area contributed by atoms with E-state index < -0.39 is 10.0 Å². The fraction of sp³-hybridized carbons (Fsp3) is 0.562. The van der Waals surface area contributed by atoms with Crippen LogP contribution in [0.25, 0.3) is 11.0 Å². The highest BCUT2D eigenvalue weighted by Gasteiger charge is 2.25. The third kappa shape index (κ3) is 3.03. The Morgan fingerprint density at radius 3 is 2.45 bits per heavy atom. The van der Waals surface area contributed by atoms with Crippen molar-refractivity contribution in [2.24, 2.45) is 5.92 Å². The Morgan fingerprint density at radius 1 is 1.18 bits per heavy atom. The lowest BCUT2D eigenvalue weighted by molar-refractivity contribution is 0.255. The Labute approximate surface area is 132 Å². The maximum absolute atomic E-state index is 11.6. The summed E-state index contributed by atoms with van der Waals surface area (Å²) < 4.78 is 26.9. The van der Waals surface area contributed by atoms with Crippen molar-refractivity contribution in [2.45, 2.75) is 33.2 Å². The van der Waals surface area contributed by atoms with E-state index in [9.17, 15) is 8.42 Å². The van der Waals surface area contributed by atoms with Crippen molar-refractivity contribution in [1.29, 1.82) is 0 Å². The minimum absolute atomic E-state index is 0.511. The van der Waals surface area contributed by atoms with E-state index in [1.54, 1.807) is 4.31 Å². The van der Waals surface area contributed by atoms with E-state index in [1.165, 1.54) is 22.9 Å². The summed E-state index contributed by atoms with van der Waals surface area (Å²) in [5.41, 5.74) is 4.76. The maximum atomic E-state index is 11.6. The van der Waals surface area contributed by atoms with Crippen LogP contribution in [0, 0.1) is 19.8 Å². The molecule has 0 amide bonds. The van der Waals surface area contributed by atoms with Gasteiger partial charge in [0.05, 0.1) is 23.6 Å². The fourth-order valence-corrected chi connectivity index (χ4v) is 4.03. The number of fused-ring (bicyclic) bond motifs is 1. The molecule has 0 bridgehead atoms. The zero-order valence-corrected chi connectivity index (χ0v) is 14.2. The lowest BCUT2D eigenvalue weighted by atomic mass is 9.98. The first-order valence-corrected chi connectivity index (χ1v) is 9.56. The van der Waals surface area contributed by atoms with Crippen molar-refractivity contribution < 1.29 is 8.42 Å². The molecule has 0 atom stereocenters. The summed E-state index contributed by atoms with van der Waals surface area (Å²) in [6, 6.07) is 4.33. The predicted octanol–water partition coefficient (Wildman–Crippen LogP) is 2.32. The average molecular weight is 321 g/mol. The number of nitrogens with zero attached hydrogens (tertiary/aromatic N) is 3. The summed E-state index contributed by atoms with van der Waals surface area (Å²) in [5, 5.41) is 0. The Hall–Kier alpha value is -1.40. The summed E-state index contributed by atoms with van der Waals surface area (Å²) in [4.78, 5) is 4.50. The number of hydrogen-bond acceptors (Lipinski definition) is 3. The van der Waals surface area contributed by atoms with Gasteiger partial charge in [-0.15, -0.1) is 0 Å². The molecule has 22 heavy (non-hydrogen) atoms. The highest BCUT2D eigenvalue weighted by molar-refractivity contribution is 7.88. The molecule has 0 radical (unpaired) electrons. The van der Waals surface area contributed by atoms with Crippen molar-refractivity contribution in [3.8, 4) is 0 Å². The molecule has 1 aromatic heterocycles. The number of aryl methyl sites for hydroxylation is 2. The Morgan fingerprint density at radius 2 is 1.82 bits per heavy atom. The average Bonchev–Trinajstić information content (AvgIpc) is 2.81. The molecular formula is C16H23N3O2S. The van der Waals surface area contributed by atoms with Crippen molar-refractivity contribution in [1.82, 2.24) is 13.9 Å². The van der Waals surface area contributed by atoms with Gasteiger partial charge in [-0.1, -0.05) is 0 Å². The fourth-order valence-electron chi connectivity index (χ4n) is 3.16. The van der Waals surface area contributed by atoms with Crippen LogP contribution in [0.2, 0.25) is 0 Å². The van der Waals surface area contributed by atoms with Crippen LogP contribution in [0.3, 0.4) is 0 Å². The van der Waals surface area contributed by atoms with Gasteiger partial charge in [0.1, 0.15) is 0 Å². The standard InChI is InChI=1S/C16H23N3O2S/c1-12-8-15-16(9-13(12)2)18(11-17-15)10-14-4-6-19(7-5-14)22(3,20)21/h8-9,11,14H,4-7,10H2,1-3H3. The maximum Gasteiger partial charge on any atom is 0.211 e. The van der Waals surface area contributed by atoms with Crippen LogP contribution >= 0.6 is 0 Å². The molecule has 1 saturated heterocycles. The highest BCUT2D eigenvalue weighted by Crippen LogP contribution is 2.24. The second-order valence-electron chi connectivity index (χ2n) is 6.43. The molecular weight excluding hydrogens is 298 g/mol. The number of hydrogen-bond donors (Lipinski definition) is 0. The first-order chi connectivity index (χ1) is 10.3. The van der Waals surface area contributed by atoms with E-state index in [0.717, 1.165) is 24.9 Å². The van der Waals surface area contributed by atoms with Gasteiger partial charge in [0, 0.05) is 19.6 Å². The van der Waals surface area contributed by atoms with Crippen molar-refractivity contribution >= 4 is 21.1 Å². The first kappa shape index (κ1) is 15.5. The second-order valence-corrected chi connectivity index (χ2v) is 8.41. The molecule has 5 nitrogen and oxygen atoms in total. The molecule has 0 saturated carbocycles. The summed E-state index contributed by atoms with van der Waals surface area (Å²) in [6.07, 6.45) is 5.03. The van der Waals surface area contributed by atoms with Gasteiger partial charge in [0.2, 0.25) is 10.0 Å². The van der Waals surface area contributed by atoms with Gasteiger partial charge in [0.15, 0.2) is 0 Å². The number of imidazole rings is 1. The molecule has 120 valence electrons. The Kier molecular flexibility index (Phi) is 3.99. The number of aromatic nitrogens is 2. The van der Waals surface area contributed by atoms with E-state index in [-0.39, 0.29) is 0 Å². The van der Waals surface area contributed by atoms with Crippen LogP contribution < -0.4 is 0 Å². The number of rotatable bonds is 3. The van der Waals surface area contributed by atoms with Crippen LogP contribution in [0.1, 0.15) is 24.0 Å². The molecule has 1 fully saturated rings. The van der Waals surface area contributed by atoms with Crippen molar-refractivity contribution in [2.75, 3.05) is 19.3 Å². The third-order valence-electron chi connectivity index (χ3n) is 4.73. The minimum atomic E-state index is -3.04. The number of benzene rings is 1. The molecule has 0 N–H and O–H groups in total. The van der Waals surface area contributed by atoms with Crippen LogP contribution in [0.5, 0.6) is 0 Å². The number of sulfonamides is 1. The first-order valence-electron chi connectivity index (χ1n) is 7.72. The topological polar surface area (TPSA) is 55.2 Å². The zero-order chi connectivity index (χ0) is 15.9. The van der Waals surface area contributed by atoms with Crippen LogP contribution in [-0.2, 0) is 16.6 Å².